The van der Waals surface area contributed by atoms with Crippen molar-refractivity contribution in [2.24, 2.45) is 17.3 Å². The molecule has 0 saturated carbocycles. The van der Waals surface area contributed by atoms with Gasteiger partial charge in [0.1, 0.15) is 40.3 Å². The minimum atomic E-state index is -2.26. The van der Waals surface area contributed by atoms with Crippen molar-refractivity contribution in [2.75, 3.05) is 24.8 Å². The molecule has 278 valence electrons. The van der Waals surface area contributed by atoms with Gasteiger partial charge in [-0.05, 0) is 53.3 Å². The van der Waals surface area contributed by atoms with Crippen LogP contribution in [0.2, 0.25) is 0 Å². The molecule has 2 aromatic carbocycles. The third-order valence-electron chi connectivity index (χ3n) is 11.3. The minimum absolute atomic E-state index is 0.0285. The highest BCUT2D eigenvalue weighted by molar-refractivity contribution is 8.76. The summed E-state index contributed by atoms with van der Waals surface area (Å²) in [6.45, 7) is -0.405. The Morgan fingerprint density at radius 2 is 1.81 bits per heavy atom. The summed E-state index contributed by atoms with van der Waals surface area (Å²) in [5.74, 6) is -2.12. The van der Waals surface area contributed by atoms with Crippen molar-refractivity contribution in [1.29, 1.82) is 0 Å². The van der Waals surface area contributed by atoms with Gasteiger partial charge in [0.05, 0.1) is 36.4 Å². The van der Waals surface area contributed by atoms with Crippen molar-refractivity contribution < 1.29 is 49.7 Å². The molecule has 0 radical (unpaired) electrons. The molecule has 1 saturated heterocycles. The van der Waals surface area contributed by atoms with Crippen LogP contribution >= 0.6 is 21.6 Å². The average molecular weight is 761 g/mol. The number of dihydropyridines is 1. The van der Waals surface area contributed by atoms with E-state index in [1.165, 1.54) is 51.9 Å². The smallest absolute Gasteiger partial charge is 0.230 e. The van der Waals surface area contributed by atoms with E-state index < -0.39 is 65.1 Å². The number of hydrogen-bond donors (Lipinski definition) is 8. The van der Waals surface area contributed by atoms with E-state index in [0.717, 1.165) is 16.7 Å². The number of Topliss-reactive ketones (excluding diaryl/α,β-unsaturated/α-hetero) is 2. The zero-order valence-electron chi connectivity index (χ0n) is 28.5. The Kier molecular flexibility index (Phi) is 9.39. The number of ketones is 2. The molecule has 8 N–H and O–H groups in total. The van der Waals surface area contributed by atoms with Crippen LogP contribution in [0.4, 0.5) is 0 Å². The maximum atomic E-state index is 15.0. The van der Waals surface area contributed by atoms with E-state index in [2.05, 4.69) is 10.6 Å². The van der Waals surface area contributed by atoms with Crippen LogP contribution in [0.1, 0.15) is 38.3 Å². The van der Waals surface area contributed by atoms with Crippen molar-refractivity contribution in [3.8, 4) is 5.75 Å². The van der Waals surface area contributed by atoms with Gasteiger partial charge < -0.3 is 50.7 Å². The predicted octanol–water partition coefficient (Wildman–Crippen LogP) is 2.59. The third-order valence-corrected chi connectivity index (χ3v) is 13.5. The minimum Gasteiger partial charge on any atom is -0.511 e. The molecule has 1 fully saturated rings. The van der Waals surface area contributed by atoms with Gasteiger partial charge in [-0.1, -0.05) is 82.3 Å². The van der Waals surface area contributed by atoms with Gasteiger partial charge in [-0.2, -0.15) is 0 Å². The van der Waals surface area contributed by atoms with Crippen molar-refractivity contribution in [3.05, 3.63) is 124 Å². The number of aliphatic hydroxyl groups excluding tert-OH is 5. The normalized spacial score (nSPS) is 34.8. The summed E-state index contributed by atoms with van der Waals surface area (Å²) in [5, 5.41) is 74.2. The number of ether oxygens (including phenoxy) is 2. The van der Waals surface area contributed by atoms with Crippen molar-refractivity contribution in [2.45, 2.75) is 49.1 Å². The Balaban J connectivity index is 1.23. The van der Waals surface area contributed by atoms with Crippen LogP contribution in [0.25, 0.3) is 0 Å². The second-order valence-corrected chi connectivity index (χ2v) is 16.8. The number of hydrogen-bond acceptors (Lipinski definition) is 14. The highest BCUT2D eigenvalue weighted by atomic mass is 33.1. The van der Waals surface area contributed by atoms with E-state index in [9.17, 15) is 35.4 Å². The van der Waals surface area contributed by atoms with Crippen LogP contribution < -0.4 is 15.4 Å². The lowest BCUT2D eigenvalue weighted by Gasteiger charge is -2.57. The topological polar surface area (TPSA) is 198 Å². The molecule has 3 aliphatic heterocycles. The van der Waals surface area contributed by atoms with Gasteiger partial charge in [0, 0.05) is 23.8 Å². The molecule has 0 unspecified atom stereocenters. The molecule has 3 aliphatic carbocycles. The SMILES string of the molecule is O=C1c2cccc3c2C(=O)[C@]2(CSSCNC4=CC(=CCN4)C[C@H]4C=C[C@]5(CO)O[C@@H](O3)[C@H](O)[C@@]4(O)[C@@H]5O)C(O)=CC(Cc3cccc(CO)c3)=C[C@H]12. The monoisotopic (exact) mass is 760 g/mol. The van der Waals surface area contributed by atoms with E-state index >= 15 is 4.79 Å². The first-order valence-corrected chi connectivity index (χ1v) is 19.9. The largest absolute Gasteiger partial charge is 0.511 e. The van der Waals surface area contributed by atoms with E-state index in [1.807, 2.05) is 30.4 Å². The Labute approximate surface area is 313 Å². The maximum Gasteiger partial charge on any atom is 0.230 e. The van der Waals surface area contributed by atoms with E-state index in [1.54, 1.807) is 18.2 Å². The molecule has 0 aromatic heterocycles. The van der Waals surface area contributed by atoms with Crippen LogP contribution in [0.3, 0.4) is 0 Å². The zero-order valence-corrected chi connectivity index (χ0v) is 30.1. The summed E-state index contributed by atoms with van der Waals surface area (Å²) < 4.78 is 12.3. The lowest BCUT2D eigenvalue weighted by Crippen LogP contribution is -2.76. The third kappa shape index (κ3) is 5.78. The number of fused-ring (bicyclic) bond motifs is 3. The molecule has 53 heavy (non-hydrogen) atoms. The number of benzene rings is 2. The first-order chi connectivity index (χ1) is 25.5. The fourth-order valence-corrected chi connectivity index (χ4v) is 10.7. The molecule has 8 rings (SSSR count). The summed E-state index contributed by atoms with van der Waals surface area (Å²) in [6.07, 6.45) is 5.46. The quantitative estimate of drug-likeness (QED) is 0.167. The van der Waals surface area contributed by atoms with Gasteiger partial charge in [0.15, 0.2) is 11.6 Å². The Bertz CT molecular complexity index is 2010. The molecule has 7 bridgehead atoms. The van der Waals surface area contributed by atoms with E-state index in [-0.39, 0.29) is 41.4 Å². The van der Waals surface area contributed by atoms with Crippen LogP contribution in [-0.2, 0) is 17.8 Å². The fourth-order valence-electron chi connectivity index (χ4n) is 8.40. The van der Waals surface area contributed by atoms with Gasteiger partial charge >= 0.3 is 0 Å². The Morgan fingerprint density at radius 3 is 2.62 bits per heavy atom. The van der Waals surface area contributed by atoms with Crippen molar-refractivity contribution in [1.82, 2.24) is 10.6 Å². The van der Waals surface area contributed by atoms with E-state index in [0.29, 0.717) is 30.2 Å². The summed E-state index contributed by atoms with van der Waals surface area (Å²) in [4.78, 5) is 29.6. The number of carbonyl (C=O) groups is 2. The van der Waals surface area contributed by atoms with Crippen LogP contribution in [0.5, 0.6) is 5.75 Å². The van der Waals surface area contributed by atoms with Gasteiger partial charge in [-0.25, -0.2) is 0 Å². The standard InChI is InChI=1S/C39H40N2O10S2/c42-17-23-4-1-3-21(11-23)12-24-14-27-32(45)26-5-2-6-28-31(26)33(46)38(27,29(44)15-24)19-52-53-20-41-30-16-22(8-10-40-30)13-25-7-9-37(18-43)36(48)39(25,49)34(47)35(50-28)51-37/h1-9,11,14-16,25,27,34-36,40-44,47-49H,10,12-13,17-20H2/t25-,27-,34+,35-,36-,37-,38+,39-/m1/s1. The molecule has 3 heterocycles. The maximum absolute atomic E-state index is 15.0. The van der Waals surface area contributed by atoms with Crippen molar-refractivity contribution in [3.63, 3.8) is 0 Å². The number of allylic oxidation sites excluding steroid dienone is 6. The van der Waals surface area contributed by atoms with Gasteiger partial charge in [-0.15, -0.1) is 0 Å². The second kappa shape index (κ2) is 13.8. The highest BCUT2D eigenvalue weighted by Crippen LogP contribution is 2.54. The molecule has 14 heteroatoms. The zero-order chi connectivity index (χ0) is 37.1. The van der Waals surface area contributed by atoms with Gasteiger partial charge in [0.2, 0.25) is 6.29 Å². The first-order valence-electron chi connectivity index (χ1n) is 17.4. The second-order valence-electron chi connectivity index (χ2n) is 14.3. The predicted molar refractivity (Wildman–Crippen MR) is 198 cm³/mol. The van der Waals surface area contributed by atoms with Gasteiger partial charge in [0.25, 0.3) is 0 Å². The highest BCUT2D eigenvalue weighted by Gasteiger charge is 2.66. The molecule has 0 amide bonds. The van der Waals surface area contributed by atoms with Gasteiger partial charge in [-0.3, -0.25) is 9.59 Å². The lowest BCUT2D eigenvalue weighted by atomic mass is 9.60. The number of aliphatic hydroxyl groups is 6. The molecule has 2 aromatic rings. The summed E-state index contributed by atoms with van der Waals surface area (Å²) >= 11 is 0. The Morgan fingerprint density at radius 1 is 1.00 bits per heavy atom. The van der Waals surface area contributed by atoms with Crippen LogP contribution in [0, 0.1) is 17.3 Å². The first kappa shape index (κ1) is 36.1. The molecular formula is C39H40N2O10S2. The Hall–Kier alpha value is -3.86. The summed E-state index contributed by atoms with van der Waals surface area (Å²) in [7, 11) is 2.76. The molecule has 12 nitrogen and oxygen atoms in total. The molecule has 6 aliphatic rings. The number of carbonyl (C=O) groups excluding carboxylic acids is 2. The van der Waals surface area contributed by atoms with Crippen LogP contribution in [0.15, 0.2) is 102 Å². The molecular weight excluding hydrogens is 721 g/mol. The average Bonchev–Trinajstić information content (AvgIpc) is 3.16. The number of rotatable bonds is 4. The summed E-state index contributed by atoms with van der Waals surface area (Å²) in [6, 6.07) is 11.9. The van der Waals surface area contributed by atoms with Crippen molar-refractivity contribution >= 4 is 33.2 Å². The molecule has 8 atom stereocenters. The molecule has 1 spiro atoms. The number of nitrogens with one attached hydrogen (secondary N) is 2. The summed E-state index contributed by atoms with van der Waals surface area (Å²) in [5.41, 5.74) is -2.80. The lowest BCUT2D eigenvalue weighted by molar-refractivity contribution is -0.349. The van der Waals surface area contributed by atoms with Crippen LogP contribution in [-0.4, -0.2) is 96.7 Å². The van der Waals surface area contributed by atoms with E-state index in [4.69, 9.17) is 9.47 Å². The fraction of sp³-hybridized carbons (Fsp3) is 0.385.